The van der Waals surface area contributed by atoms with E-state index in [1.54, 1.807) is 12.5 Å². The fraction of sp³-hybridized carbons (Fsp3) is 0.333. The number of likely N-dealkylation sites (N-methyl/N-ethyl adjacent to an activating group) is 1. The molecule has 5 heteroatoms. The van der Waals surface area contributed by atoms with Gasteiger partial charge in [0.15, 0.2) is 5.76 Å². The molecule has 2 aromatic heterocycles. The second-order valence-electron chi connectivity index (χ2n) is 3.97. The fourth-order valence-electron chi connectivity index (χ4n) is 1.40. The van der Waals surface area contributed by atoms with Gasteiger partial charge in [-0.05, 0) is 32.3 Å². The average Bonchev–Trinajstić information content (AvgIpc) is 2.82. The summed E-state index contributed by atoms with van der Waals surface area (Å²) in [5.41, 5.74) is 0.789. The van der Waals surface area contributed by atoms with Crippen LogP contribution in [0.15, 0.2) is 35.1 Å². The zero-order valence-electron chi connectivity index (χ0n) is 10.1. The van der Waals surface area contributed by atoms with Gasteiger partial charge in [0.2, 0.25) is 5.95 Å². The minimum Gasteiger partial charge on any atom is -0.463 e. The Morgan fingerprint density at radius 3 is 2.94 bits per heavy atom. The van der Waals surface area contributed by atoms with Gasteiger partial charge in [-0.1, -0.05) is 0 Å². The van der Waals surface area contributed by atoms with Crippen LogP contribution in [0.2, 0.25) is 0 Å². The largest absolute Gasteiger partial charge is 0.463 e. The van der Waals surface area contributed by atoms with E-state index in [2.05, 4.69) is 20.2 Å². The van der Waals surface area contributed by atoms with Gasteiger partial charge in [-0.15, -0.1) is 0 Å². The summed E-state index contributed by atoms with van der Waals surface area (Å²) in [5, 5.41) is 3.17. The summed E-state index contributed by atoms with van der Waals surface area (Å²) in [4.78, 5) is 10.6. The smallest absolute Gasteiger partial charge is 0.223 e. The van der Waals surface area contributed by atoms with E-state index in [9.17, 15) is 0 Å². The molecule has 0 aliphatic carbocycles. The third kappa shape index (κ3) is 3.29. The van der Waals surface area contributed by atoms with Crippen molar-refractivity contribution in [1.29, 1.82) is 0 Å². The number of nitrogens with one attached hydrogen (secondary N) is 1. The van der Waals surface area contributed by atoms with E-state index in [0.717, 1.165) is 24.5 Å². The first-order valence-corrected chi connectivity index (χ1v) is 5.51. The summed E-state index contributed by atoms with van der Waals surface area (Å²) in [6.45, 7) is 1.75. The Kier molecular flexibility index (Phi) is 3.72. The zero-order chi connectivity index (χ0) is 12.1. The second-order valence-corrected chi connectivity index (χ2v) is 3.97. The Bertz CT molecular complexity index is 453. The van der Waals surface area contributed by atoms with Crippen molar-refractivity contribution < 1.29 is 4.42 Å². The summed E-state index contributed by atoms with van der Waals surface area (Å²) < 4.78 is 5.29. The first kappa shape index (κ1) is 11.6. The Morgan fingerprint density at radius 1 is 1.35 bits per heavy atom. The van der Waals surface area contributed by atoms with Crippen LogP contribution < -0.4 is 5.32 Å². The lowest BCUT2D eigenvalue weighted by Gasteiger charge is -2.10. The van der Waals surface area contributed by atoms with Crippen molar-refractivity contribution in [3.8, 4) is 11.5 Å². The Hall–Kier alpha value is -1.88. The van der Waals surface area contributed by atoms with Gasteiger partial charge in [-0.3, -0.25) is 0 Å². The summed E-state index contributed by atoms with van der Waals surface area (Å²) in [6.07, 6.45) is 3.36. The molecule has 2 heterocycles. The van der Waals surface area contributed by atoms with E-state index in [4.69, 9.17) is 4.42 Å². The highest BCUT2D eigenvalue weighted by Crippen LogP contribution is 2.17. The van der Waals surface area contributed by atoms with Crippen LogP contribution in [0.25, 0.3) is 11.5 Å². The van der Waals surface area contributed by atoms with Crippen LogP contribution in [-0.4, -0.2) is 42.1 Å². The Labute approximate surface area is 100 Å². The van der Waals surface area contributed by atoms with Crippen molar-refractivity contribution in [2.45, 2.75) is 0 Å². The maximum atomic E-state index is 5.29. The van der Waals surface area contributed by atoms with Gasteiger partial charge in [-0.25, -0.2) is 9.97 Å². The van der Waals surface area contributed by atoms with Gasteiger partial charge in [0.1, 0.15) is 5.69 Å². The van der Waals surface area contributed by atoms with E-state index < -0.39 is 0 Å². The molecule has 0 aliphatic rings. The number of aromatic nitrogens is 2. The standard InChI is InChI=1S/C12H16N4O/c1-16(2)8-7-14-12-13-6-5-10(15-12)11-4-3-9-17-11/h3-6,9H,7-8H2,1-2H3,(H,13,14,15). The molecule has 2 aromatic rings. The van der Waals surface area contributed by atoms with Crippen molar-refractivity contribution in [3.05, 3.63) is 30.7 Å². The molecule has 0 saturated carbocycles. The van der Waals surface area contributed by atoms with Gasteiger partial charge >= 0.3 is 0 Å². The monoisotopic (exact) mass is 232 g/mol. The highest BCUT2D eigenvalue weighted by atomic mass is 16.3. The molecule has 0 unspecified atom stereocenters. The minimum absolute atomic E-state index is 0.626. The number of hydrogen-bond donors (Lipinski definition) is 1. The van der Waals surface area contributed by atoms with E-state index in [0.29, 0.717) is 5.95 Å². The molecule has 0 radical (unpaired) electrons. The van der Waals surface area contributed by atoms with E-state index >= 15 is 0 Å². The van der Waals surface area contributed by atoms with Crippen LogP contribution in [-0.2, 0) is 0 Å². The number of nitrogens with zero attached hydrogens (tertiary/aromatic N) is 3. The highest BCUT2D eigenvalue weighted by Gasteiger charge is 2.03. The lowest BCUT2D eigenvalue weighted by molar-refractivity contribution is 0.425. The molecule has 90 valence electrons. The number of anilines is 1. The predicted octanol–water partition coefficient (Wildman–Crippen LogP) is 1.71. The van der Waals surface area contributed by atoms with Crippen molar-refractivity contribution in [1.82, 2.24) is 14.9 Å². The van der Waals surface area contributed by atoms with Gasteiger partial charge in [0.05, 0.1) is 6.26 Å². The number of rotatable bonds is 5. The maximum Gasteiger partial charge on any atom is 0.223 e. The third-order valence-corrected chi connectivity index (χ3v) is 2.27. The van der Waals surface area contributed by atoms with Crippen LogP contribution in [0, 0.1) is 0 Å². The van der Waals surface area contributed by atoms with Crippen molar-refractivity contribution >= 4 is 5.95 Å². The van der Waals surface area contributed by atoms with E-state index in [1.807, 2.05) is 32.3 Å². The number of hydrogen-bond acceptors (Lipinski definition) is 5. The minimum atomic E-state index is 0.626. The van der Waals surface area contributed by atoms with Gasteiger partial charge < -0.3 is 14.6 Å². The SMILES string of the molecule is CN(C)CCNc1nccc(-c2ccco2)n1. The molecule has 1 N–H and O–H groups in total. The van der Waals surface area contributed by atoms with Gasteiger partial charge in [-0.2, -0.15) is 0 Å². The fourth-order valence-corrected chi connectivity index (χ4v) is 1.40. The lowest BCUT2D eigenvalue weighted by atomic mass is 10.3. The molecule has 5 nitrogen and oxygen atoms in total. The Balaban J connectivity index is 2.02. The molecular weight excluding hydrogens is 216 g/mol. The quantitative estimate of drug-likeness (QED) is 0.850. The molecule has 0 aliphatic heterocycles. The normalized spacial score (nSPS) is 10.8. The molecule has 0 saturated heterocycles. The summed E-state index contributed by atoms with van der Waals surface area (Å²) in [7, 11) is 4.06. The molecule has 0 fully saturated rings. The molecule has 0 atom stereocenters. The first-order chi connectivity index (χ1) is 8.25. The van der Waals surface area contributed by atoms with Crippen LogP contribution in [0.3, 0.4) is 0 Å². The topological polar surface area (TPSA) is 54.2 Å². The van der Waals surface area contributed by atoms with E-state index in [-0.39, 0.29) is 0 Å². The maximum absolute atomic E-state index is 5.29. The second kappa shape index (κ2) is 5.45. The van der Waals surface area contributed by atoms with Crippen LogP contribution in [0.4, 0.5) is 5.95 Å². The van der Waals surface area contributed by atoms with Gasteiger partial charge in [0.25, 0.3) is 0 Å². The molecule has 0 amide bonds. The third-order valence-electron chi connectivity index (χ3n) is 2.27. The van der Waals surface area contributed by atoms with Crippen molar-refractivity contribution in [2.24, 2.45) is 0 Å². The average molecular weight is 232 g/mol. The summed E-state index contributed by atoms with van der Waals surface area (Å²) in [5.74, 6) is 1.38. The molecule has 0 aromatic carbocycles. The summed E-state index contributed by atoms with van der Waals surface area (Å²) in [6, 6.07) is 5.55. The molecule has 17 heavy (non-hydrogen) atoms. The number of furan rings is 1. The van der Waals surface area contributed by atoms with Crippen molar-refractivity contribution in [2.75, 3.05) is 32.5 Å². The molecule has 0 spiro atoms. The van der Waals surface area contributed by atoms with Crippen LogP contribution in [0.5, 0.6) is 0 Å². The highest BCUT2D eigenvalue weighted by molar-refractivity contribution is 5.52. The summed E-state index contributed by atoms with van der Waals surface area (Å²) >= 11 is 0. The molecular formula is C12H16N4O. The van der Waals surface area contributed by atoms with Crippen molar-refractivity contribution in [3.63, 3.8) is 0 Å². The Morgan fingerprint density at radius 2 is 2.24 bits per heavy atom. The van der Waals surface area contributed by atoms with Gasteiger partial charge in [0, 0.05) is 19.3 Å². The predicted molar refractivity (Wildman–Crippen MR) is 66.8 cm³/mol. The molecule has 0 bridgehead atoms. The van der Waals surface area contributed by atoms with Crippen LogP contribution >= 0.6 is 0 Å². The van der Waals surface area contributed by atoms with E-state index in [1.165, 1.54) is 0 Å². The first-order valence-electron chi connectivity index (χ1n) is 5.51. The molecule has 2 rings (SSSR count). The zero-order valence-corrected chi connectivity index (χ0v) is 10.1. The van der Waals surface area contributed by atoms with Crippen LogP contribution in [0.1, 0.15) is 0 Å². The lowest BCUT2D eigenvalue weighted by Crippen LogP contribution is -2.21.